The number of aryl methyl sites for hydroxylation is 1. The van der Waals surface area contributed by atoms with Gasteiger partial charge in [0.05, 0.1) is 28.2 Å². The molecule has 2 heterocycles. The fourth-order valence-corrected chi connectivity index (χ4v) is 5.62. The lowest BCUT2D eigenvalue weighted by Crippen LogP contribution is -2.35. The van der Waals surface area contributed by atoms with E-state index in [0.717, 1.165) is 29.4 Å². The Bertz CT molecular complexity index is 1380. The van der Waals surface area contributed by atoms with Crippen LogP contribution in [0.5, 0.6) is 0 Å². The van der Waals surface area contributed by atoms with Crippen molar-refractivity contribution < 1.29 is 13.2 Å². The monoisotopic (exact) mass is 446 g/mol. The van der Waals surface area contributed by atoms with Gasteiger partial charge in [-0.2, -0.15) is 0 Å². The second kappa shape index (κ2) is 8.12. The Labute approximate surface area is 186 Å². The molecule has 1 aliphatic rings. The zero-order chi connectivity index (χ0) is 22.1. The summed E-state index contributed by atoms with van der Waals surface area (Å²) in [5.74, 6) is 0.273. The van der Waals surface area contributed by atoms with Crippen LogP contribution in [-0.2, 0) is 23.0 Å². The summed E-state index contributed by atoms with van der Waals surface area (Å²) in [6, 6.07) is 21.3. The quantitative estimate of drug-likeness (QED) is 0.489. The number of imidazole rings is 1. The average molecular weight is 447 g/mol. The maximum atomic E-state index is 13.4. The van der Waals surface area contributed by atoms with Crippen LogP contribution < -0.4 is 9.62 Å². The summed E-state index contributed by atoms with van der Waals surface area (Å²) >= 11 is 0. The van der Waals surface area contributed by atoms with E-state index < -0.39 is 10.0 Å². The Balaban J connectivity index is 1.36. The molecule has 2 N–H and O–H groups in total. The number of sulfonamides is 1. The highest BCUT2D eigenvalue weighted by Crippen LogP contribution is 2.31. The van der Waals surface area contributed by atoms with Crippen molar-refractivity contribution >= 4 is 32.7 Å². The smallest absolute Gasteiger partial charge is 0.264 e. The number of hydrogen-bond acceptors (Lipinski definition) is 4. The highest BCUT2D eigenvalue weighted by molar-refractivity contribution is 7.92. The number of amides is 1. The van der Waals surface area contributed by atoms with Crippen molar-refractivity contribution in [1.82, 2.24) is 15.3 Å². The van der Waals surface area contributed by atoms with Crippen LogP contribution in [0.15, 0.2) is 77.7 Å². The van der Waals surface area contributed by atoms with Crippen LogP contribution in [0.1, 0.15) is 28.2 Å². The number of anilines is 1. The Kier molecular flexibility index (Phi) is 5.14. The molecule has 0 radical (unpaired) electrons. The molecule has 0 saturated heterocycles. The van der Waals surface area contributed by atoms with E-state index in [9.17, 15) is 13.2 Å². The molecule has 0 spiro atoms. The summed E-state index contributed by atoms with van der Waals surface area (Å²) in [4.78, 5) is 20.4. The van der Waals surface area contributed by atoms with Crippen LogP contribution in [0, 0.1) is 0 Å². The Hall–Kier alpha value is -3.65. The Morgan fingerprint density at radius 2 is 1.84 bits per heavy atom. The minimum Gasteiger partial charge on any atom is -0.345 e. The summed E-state index contributed by atoms with van der Waals surface area (Å²) in [5, 5.41) is 2.81. The fraction of sp³-hybridized carbons (Fsp3) is 0.167. The van der Waals surface area contributed by atoms with E-state index in [4.69, 9.17) is 0 Å². The van der Waals surface area contributed by atoms with Crippen LogP contribution in [-0.4, -0.2) is 30.8 Å². The molecular weight excluding hydrogens is 424 g/mol. The highest BCUT2D eigenvalue weighted by Gasteiger charge is 2.29. The number of rotatable bonds is 5. The van der Waals surface area contributed by atoms with Gasteiger partial charge in [-0.15, -0.1) is 0 Å². The maximum Gasteiger partial charge on any atom is 0.264 e. The first-order chi connectivity index (χ1) is 15.5. The molecule has 7 nitrogen and oxygen atoms in total. The topological polar surface area (TPSA) is 95.2 Å². The van der Waals surface area contributed by atoms with Crippen molar-refractivity contribution in [3.8, 4) is 0 Å². The number of aromatic nitrogens is 2. The molecule has 0 aliphatic carbocycles. The summed E-state index contributed by atoms with van der Waals surface area (Å²) in [6.07, 6.45) is 1.61. The predicted octanol–water partition coefficient (Wildman–Crippen LogP) is 3.63. The largest absolute Gasteiger partial charge is 0.345 e. The highest BCUT2D eigenvalue weighted by atomic mass is 32.2. The van der Waals surface area contributed by atoms with Crippen molar-refractivity contribution in [3.05, 3.63) is 89.7 Å². The third-order valence-corrected chi connectivity index (χ3v) is 7.42. The molecule has 3 aromatic carbocycles. The first kappa shape index (κ1) is 20.3. The molecule has 0 atom stereocenters. The lowest BCUT2D eigenvalue weighted by molar-refractivity contribution is 0.0949. The third kappa shape index (κ3) is 3.73. The van der Waals surface area contributed by atoms with E-state index >= 15 is 0 Å². The van der Waals surface area contributed by atoms with Crippen molar-refractivity contribution in [3.63, 3.8) is 0 Å². The van der Waals surface area contributed by atoms with Crippen molar-refractivity contribution in [2.75, 3.05) is 10.8 Å². The van der Waals surface area contributed by atoms with E-state index in [2.05, 4.69) is 15.3 Å². The fourth-order valence-electron chi connectivity index (χ4n) is 4.03. The molecule has 162 valence electrons. The van der Waals surface area contributed by atoms with Crippen LogP contribution in [0.2, 0.25) is 0 Å². The van der Waals surface area contributed by atoms with Gasteiger partial charge in [0.2, 0.25) is 0 Å². The van der Waals surface area contributed by atoms with Gasteiger partial charge in [-0.25, -0.2) is 13.4 Å². The Morgan fingerprint density at radius 1 is 1.03 bits per heavy atom. The number of aromatic amines is 1. The summed E-state index contributed by atoms with van der Waals surface area (Å²) < 4.78 is 28.2. The number of nitrogens with one attached hydrogen (secondary N) is 2. The molecule has 8 heteroatoms. The van der Waals surface area contributed by atoms with Crippen LogP contribution in [0.25, 0.3) is 11.0 Å². The average Bonchev–Trinajstić information content (AvgIpc) is 3.25. The maximum absolute atomic E-state index is 13.4. The van der Waals surface area contributed by atoms with Crippen LogP contribution in [0.4, 0.5) is 5.69 Å². The number of carbonyl (C=O) groups is 1. The standard InChI is InChI=1S/C24H22N4O3S/c29-24(25-16-23-26-20-11-2-3-12-21(20)27-23)18-8-5-10-19(15-18)32(30,31)28-14-6-9-17-7-1-4-13-22(17)28/h1-5,7-8,10-13,15H,6,9,14,16H2,(H,25,29)(H,26,27). The van der Waals surface area contributed by atoms with E-state index in [1.165, 1.54) is 16.4 Å². The van der Waals surface area contributed by atoms with Gasteiger partial charge in [0.1, 0.15) is 5.82 Å². The van der Waals surface area contributed by atoms with Gasteiger partial charge in [0.25, 0.3) is 15.9 Å². The molecule has 0 fully saturated rings. The second-order valence-electron chi connectivity index (χ2n) is 7.72. The summed E-state index contributed by atoms with van der Waals surface area (Å²) in [7, 11) is -3.78. The van der Waals surface area contributed by atoms with Crippen molar-refractivity contribution in [2.24, 2.45) is 0 Å². The van der Waals surface area contributed by atoms with Crippen LogP contribution >= 0.6 is 0 Å². The van der Waals surface area contributed by atoms with Gasteiger partial charge in [0.15, 0.2) is 0 Å². The predicted molar refractivity (Wildman–Crippen MR) is 123 cm³/mol. The number of hydrogen-bond donors (Lipinski definition) is 2. The zero-order valence-electron chi connectivity index (χ0n) is 17.3. The zero-order valence-corrected chi connectivity index (χ0v) is 18.1. The first-order valence-corrected chi connectivity index (χ1v) is 11.9. The molecule has 5 rings (SSSR count). The number of carbonyl (C=O) groups excluding carboxylic acids is 1. The summed E-state index contributed by atoms with van der Waals surface area (Å²) in [5.41, 5.74) is 3.73. The minimum atomic E-state index is -3.78. The van der Waals surface area contributed by atoms with Gasteiger partial charge >= 0.3 is 0 Å². The van der Waals surface area contributed by atoms with Gasteiger partial charge in [-0.1, -0.05) is 36.4 Å². The van der Waals surface area contributed by atoms with Crippen molar-refractivity contribution in [2.45, 2.75) is 24.3 Å². The van der Waals surface area contributed by atoms with Crippen LogP contribution in [0.3, 0.4) is 0 Å². The number of fused-ring (bicyclic) bond motifs is 2. The van der Waals surface area contributed by atoms with E-state index in [1.807, 2.05) is 48.5 Å². The number of para-hydroxylation sites is 3. The van der Waals surface area contributed by atoms with Gasteiger partial charge in [0, 0.05) is 12.1 Å². The van der Waals surface area contributed by atoms with E-state index in [-0.39, 0.29) is 22.9 Å². The molecule has 0 bridgehead atoms. The van der Waals surface area contributed by atoms with Crippen molar-refractivity contribution in [1.29, 1.82) is 0 Å². The number of benzene rings is 3. The lowest BCUT2D eigenvalue weighted by Gasteiger charge is -2.30. The molecular formula is C24H22N4O3S. The van der Waals surface area contributed by atoms with Gasteiger partial charge in [-0.05, 0) is 54.8 Å². The first-order valence-electron chi connectivity index (χ1n) is 10.4. The number of H-pyrrole nitrogens is 1. The molecule has 4 aromatic rings. The molecule has 32 heavy (non-hydrogen) atoms. The molecule has 1 aliphatic heterocycles. The molecule has 0 saturated carbocycles. The Morgan fingerprint density at radius 3 is 2.72 bits per heavy atom. The normalized spacial score (nSPS) is 13.7. The SMILES string of the molecule is O=C(NCc1nc2ccccc2[nH]1)c1cccc(S(=O)(=O)N2CCCc3ccccc32)c1. The minimum absolute atomic E-state index is 0.102. The molecule has 0 unspecified atom stereocenters. The van der Waals surface area contributed by atoms with Gasteiger partial charge < -0.3 is 10.3 Å². The molecule has 1 amide bonds. The lowest BCUT2D eigenvalue weighted by atomic mass is 10.0. The van der Waals surface area contributed by atoms with E-state index in [0.29, 0.717) is 18.1 Å². The van der Waals surface area contributed by atoms with E-state index in [1.54, 1.807) is 12.1 Å². The second-order valence-corrected chi connectivity index (χ2v) is 9.58. The number of nitrogens with zero attached hydrogens (tertiary/aromatic N) is 2. The molecule has 1 aromatic heterocycles. The third-order valence-electron chi connectivity index (χ3n) is 5.61. The van der Waals surface area contributed by atoms with Gasteiger partial charge in [-0.3, -0.25) is 9.10 Å². The summed E-state index contributed by atoms with van der Waals surface area (Å²) in [6.45, 7) is 0.631.